The van der Waals surface area contributed by atoms with E-state index in [-0.39, 0.29) is 27.7 Å². The molecule has 2 aromatic carbocycles. The molecule has 0 spiro atoms. The molecule has 1 saturated carbocycles. The Morgan fingerprint density at radius 1 is 1.22 bits per heavy atom. The van der Waals surface area contributed by atoms with Gasteiger partial charge in [-0.3, -0.25) is 14.1 Å². The summed E-state index contributed by atoms with van der Waals surface area (Å²) < 4.78 is 42.9. The SMILES string of the molecule is CCCS(=O)(=O)Nc1ccc(F)c(Nc2ccc3ncn(CC4CC4)c(=O)c3c2C)c1Cl. The van der Waals surface area contributed by atoms with Crippen LogP contribution < -0.4 is 15.6 Å². The second kappa shape index (κ2) is 8.71. The summed E-state index contributed by atoms with van der Waals surface area (Å²) in [6, 6.07) is 5.80. The summed E-state index contributed by atoms with van der Waals surface area (Å²) in [5.41, 5.74) is 1.50. The standard InChI is InChI=1S/C22H24ClFN4O3S/c1-3-10-32(30,31)27-18-7-6-15(24)21(20(18)23)26-16-8-9-17-19(13(16)2)22(29)28(12-25-17)11-14-4-5-14/h6-9,12,14,26-27H,3-5,10-11H2,1-2H3. The first-order valence-electron chi connectivity index (χ1n) is 10.4. The minimum atomic E-state index is -3.60. The monoisotopic (exact) mass is 478 g/mol. The molecule has 0 amide bonds. The average Bonchev–Trinajstić information content (AvgIpc) is 3.55. The molecular formula is C22H24ClFN4O3S. The topological polar surface area (TPSA) is 93.1 Å². The number of hydrogen-bond acceptors (Lipinski definition) is 5. The molecule has 32 heavy (non-hydrogen) atoms. The zero-order valence-corrected chi connectivity index (χ0v) is 19.4. The third-order valence-corrected chi connectivity index (χ3v) is 7.36. The van der Waals surface area contributed by atoms with E-state index in [1.54, 1.807) is 36.9 Å². The van der Waals surface area contributed by atoms with Crippen LogP contribution in [0.1, 0.15) is 31.7 Å². The number of rotatable bonds is 8. The van der Waals surface area contributed by atoms with Gasteiger partial charge in [0.2, 0.25) is 10.0 Å². The molecule has 2 N–H and O–H groups in total. The summed E-state index contributed by atoms with van der Waals surface area (Å²) in [5.74, 6) is -0.209. The summed E-state index contributed by atoms with van der Waals surface area (Å²) in [5, 5.41) is 3.30. The van der Waals surface area contributed by atoms with E-state index in [0.29, 0.717) is 41.0 Å². The van der Waals surface area contributed by atoms with Gasteiger partial charge < -0.3 is 5.32 Å². The number of benzene rings is 2. The predicted molar refractivity (Wildman–Crippen MR) is 126 cm³/mol. The van der Waals surface area contributed by atoms with Gasteiger partial charge in [0.05, 0.1) is 39.4 Å². The van der Waals surface area contributed by atoms with Crippen molar-refractivity contribution in [3.63, 3.8) is 0 Å². The molecule has 1 heterocycles. The second-order valence-corrected chi connectivity index (χ2v) is 10.3. The van der Waals surface area contributed by atoms with E-state index in [1.165, 1.54) is 6.07 Å². The lowest BCUT2D eigenvalue weighted by Gasteiger charge is -2.17. The Bertz CT molecular complexity index is 1350. The van der Waals surface area contributed by atoms with E-state index in [0.717, 1.165) is 18.9 Å². The fourth-order valence-corrected chi connectivity index (χ4v) is 5.06. The Balaban J connectivity index is 1.73. The van der Waals surface area contributed by atoms with E-state index in [1.807, 2.05) is 0 Å². The molecule has 1 aliphatic rings. The Morgan fingerprint density at radius 3 is 2.62 bits per heavy atom. The predicted octanol–water partition coefficient (Wildman–Crippen LogP) is 4.80. The summed E-state index contributed by atoms with van der Waals surface area (Å²) in [6.07, 6.45) is 4.22. The first kappa shape index (κ1) is 22.5. The highest BCUT2D eigenvalue weighted by Gasteiger charge is 2.23. The van der Waals surface area contributed by atoms with Crippen LogP contribution in [-0.2, 0) is 16.6 Å². The highest BCUT2D eigenvalue weighted by Crippen LogP contribution is 2.37. The molecule has 0 aliphatic heterocycles. The van der Waals surface area contributed by atoms with Gasteiger partial charge in [-0.1, -0.05) is 18.5 Å². The first-order chi connectivity index (χ1) is 15.2. The van der Waals surface area contributed by atoms with Crippen molar-refractivity contribution < 1.29 is 12.8 Å². The van der Waals surface area contributed by atoms with Crippen LogP contribution in [0.5, 0.6) is 0 Å². The molecule has 7 nitrogen and oxygen atoms in total. The van der Waals surface area contributed by atoms with Crippen molar-refractivity contribution in [2.24, 2.45) is 5.92 Å². The molecule has 10 heteroatoms. The van der Waals surface area contributed by atoms with Gasteiger partial charge in [0.15, 0.2) is 0 Å². The summed E-state index contributed by atoms with van der Waals surface area (Å²) in [7, 11) is -3.60. The molecular weight excluding hydrogens is 455 g/mol. The highest BCUT2D eigenvalue weighted by molar-refractivity contribution is 7.92. The van der Waals surface area contributed by atoms with Gasteiger partial charge in [-0.2, -0.15) is 0 Å². The molecule has 170 valence electrons. The maximum atomic E-state index is 14.6. The van der Waals surface area contributed by atoms with Crippen molar-refractivity contribution in [1.82, 2.24) is 9.55 Å². The smallest absolute Gasteiger partial charge is 0.261 e. The third-order valence-electron chi connectivity index (χ3n) is 5.49. The second-order valence-electron chi connectivity index (χ2n) is 8.11. The van der Waals surface area contributed by atoms with Crippen molar-refractivity contribution in [2.45, 2.75) is 39.7 Å². The summed E-state index contributed by atoms with van der Waals surface area (Å²) >= 11 is 6.35. The number of aryl methyl sites for hydroxylation is 1. The molecule has 1 aliphatic carbocycles. The minimum absolute atomic E-state index is 0.0759. The lowest BCUT2D eigenvalue weighted by molar-refractivity contribution is 0.599. The molecule has 0 unspecified atom stereocenters. The Labute approximate surface area is 190 Å². The molecule has 4 rings (SSSR count). The maximum absolute atomic E-state index is 14.6. The number of aromatic nitrogens is 2. The maximum Gasteiger partial charge on any atom is 0.261 e. The average molecular weight is 479 g/mol. The van der Waals surface area contributed by atoms with E-state index < -0.39 is 15.8 Å². The van der Waals surface area contributed by atoms with Crippen LogP contribution in [0.25, 0.3) is 10.9 Å². The number of halogens is 2. The van der Waals surface area contributed by atoms with E-state index in [9.17, 15) is 17.6 Å². The van der Waals surface area contributed by atoms with Crippen molar-refractivity contribution in [2.75, 3.05) is 15.8 Å². The van der Waals surface area contributed by atoms with Crippen LogP contribution in [-0.4, -0.2) is 23.7 Å². The fourth-order valence-electron chi connectivity index (χ4n) is 3.61. The number of anilines is 3. The Hall–Kier alpha value is -2.65. The zero-order chi connectivity index (χ0) is 23.0. The normalized spacial score (nSPS) is 14.0. The molecule has 1 fully saturated rings. The van der Waals surface area contributed by atoms with Gasteiger partial charge in [-0.05, 0) is 61.9 Å². The van der Waals surface area contributed by atoms with Crippen molar-refractivity contribution in [3.8, 4) is 0 Å². The molecule has 0 radical (unpaired) electrons. The molecule has 0 saturated heterocycles. The molecule has 3 aromatic rings. The Kier molecular flexibility index (Phi) is 6.13. The molecule has 0 bridgehead atoms. The van der Waals surface area contributed by atoms with Gasteiger partial charge in [0.1, 0.15) is 5.82 Å². The number of fused-ring (bicyclic) bond motifs is 1. The van der Waals surface area contributed by atoms with Crippen LogP contribution in [0.3, 0.4) is 0 Å². The number of hydrogen-bond donors (Lipinski definition) is 2. The largest absolute Gasteiger partial charge is 0.352 e. The van der Waals surface area contributed by atoms with Crippen molar-refractivity contribution in [3.05, 3.63) is 57.3 Å². The molecule has 1 aromatic heterocycles. The van der Waals surface area contributed by atoms with Gasteiger partial charge in [0, 0.05) is 12.2 Å². The lowest BCUT2D eigenvalue weighted by atomic mass is 10.1. The van der Waals surface area contributed by atoms with Crippen molar-refractivity contribution >= 4 is 49.6 Å². The van der Waals surface area contributed by atoms with Gasteiger partial charge in [0.25, 0.3) is 5.56 Å². The van der Waals surface area contributed by atoms with Gasteiger partial charge in [-0.25, -0.2) is 17.8 Å². The lowest BCUT2D eigenvalue weighted by Crippen LogP contribution is -2.22. The Morgan fingerprint density at radius 2 is 1.94 bits per heavy atom. The number of nitrogens with zero attached hydrogens (tertiary/aromatic N) is 2. The first-order valence-corrected chi connectivity index (χ1v) is 12.5. The number of nitrogens with one attached hydrogen (secondary N) is 2. The van der Waals surface area contributed by atoms with Crippen molar-refractivity contribution in [1.29, 1.82) is 0 Å². The summed E-state index contributed by atoms with van der Waals surface area (Å²) in [4.78, 5) is 17.4. The zero-order valence-electron chi connectivity index (χ0n) is 17.8. The summed E-state index contributed by atoms with van der Waals surface area (Å²) in [6.45, 7) is 4.14. The van der Waals surface area contributed by atoms with Crippen LogP contribution in [0.15, 0.2) is 35.4 Å². The van der Waals surface area contributed by atoms with Gasteiger partial charge >= 0.3 is 0 Å². The third kappa shape index (κ3) is 4.59. The van der Waals surface area contributed by atoms with E-state index >= 15 is 0 Å². The quantitative estimate of drug-likeness (QED) is 0.485. The van der Waals surface area contributed by atoms with Crippen LogP contribution in [0.4, 0.5) is 21.5 Å². The van der Waals surface area contributed by atoms with Gasteiger partial charge in [-0.15, -0.1) is 0 Å². The van der Waals surface area contributed by atoms with E-state index in [4.69, 9.17) is 11.6 Å². The minimum Gasteiger partial charge on any atom is -0.352 e. The van der Waals surface area contributed by atoms with E-state index in [2.05, 4.69) is 15.0 Å². The van der Waals surface area contributed by atoms with Crippen LogP contribution >= 0.6 is 11.6 Å². The number of sulfonamides is 1. The molecule has 0 atom stereocenters. The fraction of sp³-hybridized carbons (Fsp3) is 0.364. The highest BCUT2D eigenvalue weighted by atomic mass is 35.5. The van der Waals surface area contributed by atoms with Crippen LogP contribution in [0, 0.1) is 18.7 Å². The van der Waals surface area contributed by atoms with Crippen LogP contribution in [0.2, 0.25) is 5.02 Å².